The van der Waals surface area contributed by atoms with Gasteiger partial charge in [-0.3, -0.25) is 4.79 Å². The zero-order valence-electron chi connectivity index (χ0n) is 10.0. The van der Waals surface area contributed by atoms with E-state index in [0.29, 0.717) is 13.1 Å². The number of hydrogen-bond acceptors (Lipinski definition) is 2. The molecule has 0 saturated carbocycles. The van der Waals surface area contributed by atoms with Gasteiger partial charge in [-0.1, -0.05) is 6.92 Å². The fourth-order valence-electron chi connectivity index (χ4n) is 1.30. The van der Waals surface area contributed by atoms with Gasteiger partial charge in [-0.25, -0.2) is 17.6 Å². The monoisotopic (exact) mass is 300 g/mol. The molecule has 1 aromatic rings. The minimum atomic E-state index is -1.70. The van der Waals surface area contributed by atoms with E-state index in [4.69, 9.17) is 0 Å². The molecule has 0 aliphatic carbocycles. The van der Waals surface area contributed by atoms with E-state index in [2.05, 4.69) is 10.6 Å². The summed E-state index contributed by atoms with van der Waals surface area (Å²) in [5.74, 6) is -7.80. The molecule has 1 aromatic carbocycles. The molecule has 1 rings (SSSR count). The predicted octanol–water partition coefficient (Wildman–Crippen LogP) is 2.00. The van der Waals surface area contributed by atoms with Crippen LogP contribution < -0.4 is 10.6 Å². The van der Waals surface area contributed by atoms with Crippen LogP contribution in [0.15, 0.2) is 6.07 Å². The number of rotatable bonds is 5. The number of nitrogens with one attached hydrogen (secondary N) is 2. The maximum atomic E-state index is 13.2. The van der Waals surface area contributed by atoms with Crippen molar-refractivity contribution in [2.24, 2.45) is 0 Å². The minimum absolute atomic E-state index is 0. The third kappa shape index (κ3) is 4.36. The number of carbonyl (C=O) groups excluding carboxylic acids is 1. The van der Waals surface area contributed by atoms with Gasteiger partial charge in [0.25, 0.3) is 5.91 Å². The van der Waals surface area contributed by atoms with E-state index in [9.17, 15) is 22.4 Å². The van der Waals surface area contributed by atoms with Gasteiger partial charge in [0, 0.05) is 19.2 Å². The molecule has 0 fully saturated rings. The Bertz CT molecular complexity index is 431. The Labute approximate surface area is 113 Å². The highest BCUT2D eigenvalue weighted by molar-refractivity contribution is 5.94. The molecule has 108 valence electrons. The zero-order valence-corrected chi connectivity index (χ0v) is 10.8. The topological polar surface area (TPSA) is 41.1 Å². The normalized spacial score (nSPS) is 9.95. The van der Waals surface area contributed by atoms with E-state index < -0.39 is 34.7 Å². The molecule has 3 nitrogen and oxygen atoms in total. The van der Waals surface area contributed by atoms with Gasteiger partial charge in [0.1, 0.15) is 5.56 Å². The van der Waals surface area contributed by atoms with Gasteiger partial charge in [-0.15, -0.1) is 12.4 Å². The quantitative estimate of drug-likeness (QED) is 0.496. The Hall–Kier alpha value is -1.34. The fourth-order valence-corrected chi connectivity index (χ4v) is 1.30. The zero-order chi connectivity index (χ0) is 13.7. The van der Waals surface area contributed by atoms with Gasteiger partial charge in [0.05, 0.1) is 0 Å². The summed E-state index contributed by atoms with van der Waals surface area (Å²) in [4.78, 5) is 11.4. The summed E-state index contributed by atoms with van der Waals surface area (Å²) in [6.45, 7) is 2.96. The second-order valence-electron chi connectivity index (χ2n) is 3.45. The number of likely N-dealkylation sites (N-methyl/N-ethyl adjacent to an activating group) is 1. The van der Waals surface area contributed by atoms with Crippen molar-refractivity contribution in [1.29, 1.82) is 0 Å². The molecule has 0 heterocycles. The highest BCUT2D eigenvalue weighted by atomic mass is 35.5. The summed E-state index contributed by atoms with van der Waals surface area (Å²) < 4.78 is 52.1. The molecule has 1 amide bonds. The number of hydrogen-bond donors (Lipinski definition) is 2. The van der Waals surface area contributed by atoms with E-state index in [1.54, 1.807) is 0 Å². The van der Waals surface area contributed by atoms with Crippen molar-refractivity contribution in [2.75, 3.05) is 19.6 Å². The number of benzene rings is 1. The third-order valence-electron chi connectivity index (χ3n) is 2.18. The molecule has 0 radical (unpaired) electrons. The molecule has 0 saturated heterocycles. The number of halogens is 5. The van der Waals surface area contributed by atoms with E-state index >= 15 is 0 Å². The molecule has 0 aromatic heterocycles. The van der Waals surface area contributed by atoms with Gasteiger partial charge < -0.3 is 10.6 Å². The highest BCUT2D eigenvalue weighted by Gasteiger charge is 2.24. The lowest BCUT2D eigenvalue weighted by Gasteiger charge is -2.08. The smallest absolute Gasteiger partial charge is 0.257 e. The number of carbonyl (C=O) groups is 1. The Morgan fingerprint density at radius 1 is 1.11 bits per heavy atom. The first kappa shape index (κ1) is 17.7. The van der Waals surface area contributed by atoms with Crippen LogP contribution in [0.25, 0.3) is 0 Å². The second kappa shape index (κ2) is 7.96. The largest absolute Gasteiger partial charge is 0.351 e. The second-order valence-corrected chi connectivity index (χ2v) is 3.45. The van der Waals surface area contributed by atoms with Gasteiger partial charge in [-0.2, -0.15) is 0 Å². The van der Waals surface area contributed by atoms with Gasteiger partial charge in [0.2, 0.25) is 0 Å². The average molecular weight is 301 g/mol. The van der Waals surface area contributed by atoms with Crippen LogP contribution in [0.2, 0.25) is 0 Å². The molecule has 0 atom stereocenters. The SMILES string of the molecule is CCNCCNC(=O)c1c(F)c(F)cc(F)c1F.Cl. The van der Waals surface area contributed by atoms with Crippen LogP contribution in [0.4, 0.5) is 17.6 Å². The molecular formula is C11H13ClF4N2O. The molecular weight excluding hydrogens is 288 g/mol. The third-order valence-corrected chi connectivity index (χ3v) is 2.18. The van der Waals surface area contributed by atoms with Crippen molar-refractivity contribution in [3.05, 3.63) is 34.9 Å². The highest BCUT2D eigenvalue weighted by Crippen LogP contribution is 2.18. The van der Waals surface area contributed by atoms with E-state index in [1.165, 1.54) is 0 Å². The Morgan fingerprint density at radius 3 is 2.11 bits per heavy atom. The molecule has 0 bridgehead atoms. The summed E-state index contributed by atoms with van der Waals surface area (Å²) in [6, 6.07) is 0.0556. The minimum Gasteiger partial charge on any atom is -0.351 e. The summed E-state index contributed by atoms with van der Waals surface area (Å²) in [5.41, 5.74) is -1.25. The lowest BCUT2D eigenvalue weighted by atomic mass is 10.1. The fraction of sp³-hybridized carbons (Fsp3) is 0.364. The lowest BCUT2D eigenvalue weighted by molar-refractivity contribution is 0.0943. The van der Waals surface area contributed by atoms with Crippen molar-refractivity contribution in [3.63, 3.8) is 0 Å². The molecule has 8 heteroatoms. The molecule has 0 spiro atoms. The predicted molar refractivity (Wildman–Crippen MR) is 64.4 cm³/mol. The van der Waals surface area contributed by atoms with Crippen molar-refractivity contribution in [3.8, 4) is 0 Å². The van der Waals surface area contributed by atoms with Gasteiger partial charge in [0.15, 0.2) is 23.3 Å². The van der Waals surface area contributed by atoms with Crippen LogP contribution in [0.3, 0.4) is 0 Å². The first-order valence-electron chi connectivity index (χ1n) is 5.31. The molecule has 0 unspecified atom stereocenters. The summed E-state index contributed by atoms with van der Waals surface area (Å²) >= 11 is 0. The first-order valence-corrected chi connectivity index (χ1v) is 5.31. The summed E-state index contributed by atoms with van der Waals surface area (Å²) in [5, 5.41) is 5.01. The van der Waals surface area contributed by atoms with Crippen molar-refractivity contribution < 1.29 is 22.4 Å². The van der Waals surface area contributed by atoms with Gasteiger partial charge in [-0.05, 0) is 6.54 Å². The molecule has 0 aliphatic heterocycles. The Kier molecular flexibility index (Phi) is 7.40. The molecule has 0 aliphatic rings. The lowest BCUT2D eigenvalue weighted by Crippen LogP contribution is -2.33. The summed E-state index contributed by atoms with van der Waals surface area (Å²) in [6.07, 6.45) is 0. The maximum absolute atomic E-state index is 13.2. The first-order chi connectivity index (χ1) is 8.49. The van der Waals surface area contributed by atoms with Crippen LogP contribution in [0, 0.1) is 23.3 Å². The van der Waals surface area contributed by atoms with Crippen LogP contribution in [0.5, 0.6) is 0 Å². The van der Waals surface area contributed by atoms with Crippen LogP contribution in [-0.2, 0) is 0 Å². The Balaban J connectivity index is 0.00000324. The van der Waals surface area contributed by atoms with Crippen LogP contribution >= 0.6 is 12.4 Å². The van der Waals surface area contributed by atoms with E-state index in [1.807, 2.05) is 6.92 Å². The molecule has 19 heavy (non-hydrogen) atoms. The van der Waals surface area contributed by atoms with Crippen LogP contribution in [-0.4, -0.2) is 25.5 Å². The van der Waals surface area contributed by atoms with E-state index in [-0.39, 0.29) is 25.0 Å². The van der Waals surface area contributed by atoms with Crippen LogP contribution in [0.1, 0.15) is 17.3 Å². The van der Waals surface area contributed by atoms with Crippen molar-refractivity contribution in [2.45, 2.75) is 6.92 Å². The average Bonchev–Trinajstić information content (AvgIpc) is 2.32. The maximum Gasteiger partial charge on any atom is 0.257 e. The van der Waals surface area contributed by atoms with Crippen molar-refractivity contribution in [1.82, 2.24) is 10.6 Å². The molecule has 2 N–H and O–H groups in total. The van der Waals surface area contributed by atoms with Crippen molar-refractivity contribution >= 4 is 18.3 Å². The Morgan fingerprint density at radius 2 is 1.63 bits per heavy atom. The standard InChI is InChI=1S/C11H12F4N2O.ClH/c1-2-16-3-4-17-11(18)8-9(14)6(12)5-7(13)10(8)15;/h5,16H,2-4H2,1H3,(H,17,18);1H. The number of amides is 1. The van der Waals surface area contributed by atoms with E-state index in [0.717, 1.165) is 0 Å². The summed E-state index contributed by atoms with van der Waals surface area (Å²) in [7, 11) is 0. The van der Waals surface area contributed by atoms with Gasteiger partial charge >= 0.3 is 0 Å².